The van der Waals surface area contributed by atoms with E-state index in [4.69, 9.17) is 0 Å². The predicted octanol–water partition coefficient (Wildman–Crippen LogP) is 1.17. The molecule has 2 atom stereocenters. The summed E-state index contributed by atoms with van der Waals surface area (Å²) in [4.78, 5) is 4.90. The molecule has 0 aromatic heterocycles. The van der Waals surface area contributed by atoms with Crippen molar-refractivity contribution < 1.29 is 5.11 Å². The molecule has 90 valence electrons. The molecule has 0 aromatic carbocycles. The van der Waals surface area contributed by atoms with E-state index in [1.165, 1.54) is 0 Å². The zero-order valence-corrected chi connectivity index (χ0v) is 10.8. The molecule has 1 N–H and O–H groups in total. The lowest BCUT2D eigenvalue weighted by atomic mass is 10.0. The fraction of sp³-hybridized carbons (Fsp3) is 1.00. The van der Waals surface area contributed by atoms with Crippen LogP contribution in [-0.4, -0.2) is 59.3 Å². The SMILES string of the molecule is CC1CN(CCC(C)(C)O)CC(C)N1C. The van der Waals surface area contributed by atoms with Crippen molar-refractivity contribution in [2.24, 2.45) is 0 Å². The van der Waals surface area contributed by atoms with E-state index < -0.39 is 5.60 Å². The zero-order chi connectivity index (χ0) is 11.6. The first kappa shape index (κ1) is 12.9. The minimum absolute atomic E-state index is 0.532. The Morgan fingerprint density at radius 3 is 2.07 bits per heavy atom. The molecule has 1 aliphatic heterocycles. The second kappa shape index (κ2) is 4.81. The van der Waals surface area contributed by atoms with Crippen LogP contribution in [0.15, 0.2) is 0 Å². The average Bonchev–Trinajstić information content (AvgIpc) is 2.09. The van der Waals surface area contributed by atoms with Gasteiger partial charge in [-0.1, -0.05) is 0 Å². The highest BCUT2D eigenvalue weighted by atomic mass is 16.3. The zero-order valence-electron chi connectivity index (χ0n) is 10.8. The minimum atomic E-state index is -0.532. The number of nitrogens with zero attached hydrogens (tertiary/aromatic N) is 2. The average molecular weight is 214 g/mol. The van der Waals surface area contributed by atoms with Gasteiger partial charge in [-0.3, -0.25) is 4.90 Å². The molecule has 1 rings (SSSR count). The molecule has 0 aliphatic carbocycles. The Labute approximate surface area is 94.1 Å². The number of hydrogen-bond acceptors (Lipinski definition) is 3. The maximum Gasteiger partial charge on any atom is 0.0603 e. The third kappa shape index (κ3) is 4.09. The number of rotatable bonds is 3. The lowest BCUT2D eigenvalue weighted by Crippen LogP contribution is -2.55. The van der Waals surface area contributed by atoms with Crippen molar-refractivity contribution in [2.75, 3.05) is 26.7 Å². The molecule has 1 heterocycles. The maximum atomic E-state index is 9.69. The maximum absolute atomic E-state index is 9.69. The number of aliphatic hydroxyl groups is 1. The standard InChI is InChI=1S/C12H26N2O/c1-10-8-14(7-6-12(3,4)15)9-11(2)13(10)5/h10-11,15H,6-9H2,1-5H3. The van der Waals surface area contributed by atoms with Crippen molar-refractivity contribution in [3.63, 3.8) is 0 Å². The molecule has 0 bridgehead atoms. The molecule has 3 nitrogen and oxygen atoms in total. The van der Waals surface area contributed by atoms with Crippen LogP contribution in [0.4, 0.5) is 0 Å². The summed E-state index contributed by atoms with van der Waals surface area (Å²) in [5.41, 5.74) is -0.532. The van der Waals surface area contributed by atoms with Crippen molar-refractivity contribution >= 4 is 0 Å². The van der Waals surface area contributed by atoms with Crippen molar-refractivity contribution in [3.8, 4) is 0 Å². The summed E-state index contributed by atoms with van der Waals surface area (Å²) in [6.07, 6.45) is 0.857. The van der Waals surface area contributed by atoms with Crippen LogP contribution < -0.4 is 0 Å². The van der Waals surface area contributed by atoms with Gasteiger partial charge in [0.15, 0.2) is 0 Å². The Bertz CT molecular complexity index is 188. The highest BCUT2D eigenvalue weighted by Gasteiger charge is 2.27. The Hall–Kier alpha value is -0.120. The van der Waals surface area contributed by atoms with E-state index in [1.54, 1.807) is 0 Å². The third-order valence-corrected chi connectivity index (χ3v) is 3.48. The number of hydrogen-bond donors (Lipinski definition) is 1. The van der Waals surface area contributed by atoms with Gasteiger partial charge in [0, 0.05) is 31.7 Å². The lowest BCUT2D eigenvalue weighted by Gasteiger charge is -2.43. The Morgan fingerprint density at radius 2 is 1.67 bits per heavy atom. The fourth-order valence-electron chi connectivity index (χ4n) is 2.13. The van der Waals surface area contributed by atoms with Crippen LogP contribution in [-0.2, 0) is 0 Å². The lowest BCUT2D eigenvalue weighted by molar-refractivity contribution is 0.0251. The van der Waals surface area contributed by atoms with E-state index in [-0.39, 0.29) is 0 Å². The highest BCUT2D eigenvalue weighted by Crippen LogP contribution is 2.15. The number of piperazine rings is 1. The second-order valence-corrected chi connectivity index (χ2v) is 5.69. The van der Waals surface area contributed by atoms with Crippen LogP contribution in [0.25, 0.3) is 0 Å². The molecular weight excluding hydrogens is 188 g/mol. The van der Waals surface area contributed by atoms with Gasteiger partial charge in [0.05, 0.1) is 5.60 Å². The van der Waals surface area contributed by atoms with E-state index in [9.17, 15) is 5.11 Å². The van der Waals surface area contributed by atoms with Crippen molar-refractivity contribution in [1.29, 1.82) is 0 Å². The van der Waals surface area contributed by atoms with Gasteiger partial charge in [0.25, 0.3) is 0 Å². The molecule has 0 radical (unpaired) electrons. The van der Waals surface area contributed by atoms with Crippen LogP contribution in [0.1, 0.15) is 34.1 Å². The second-order valence-electron chi connectivity index (χ2n) is 5.69. The van der Waals surface area contributed by atoms with Crippen LogP contribution in [0.3, 0.4) is 0 Å². The quantitative estimate of drug-likeness (QED) is 0.764. The fourth-order valence-corrected chi connectivity index (χ4v) is 2.13. The van der Waals surface area contributed by atoms with E-state index in [1.807, 2.05) is 13.8 Å². The summed E-state index contributed by atoms with van der Waals surface area (Å²) >= 11 is 0. The smallest absolute Gasteiger partial charge is 0.0603 e. The first-order chi connectivity index (χ1) is 6.79. The molecule has 1 fully saturated rings. The van der Waals surface area contributed by atoms with Crippen LogP contribution >= 0.6 is 0 Å². The molecule has 3 heteroatoms. The van der Waals surface area contributed by atoms with E-state index in [0.717, 1.165) is 26.1 Å². The molecule has 0 spiro atoms. The van der Waals surface area contributed by atoms with E-state index >= 15 is 0 Å². The Balaban J connectivity index is 2.38. The van der Waals surface area contributed by atoms with Crippen LogP contribution in [0, 0.1) is 0 Å². The van der Waals surface area contributed by atoms with Crippen molar-refractivity contribution in [3.05, 3.63) is 0 Å². The van der Waals surface area contributed by atoms with Gasteiger partial charge in [-0.15, -0.1) is 0 Å². The normalized spacial score (nSPS) is 30.8. The number of likely N-dealkylation sites (N-methyl/N-ethyl adjacent to an activating group) is 1. The summed E-state index contributed by atoms with van der Waals surface area (Å²) in [6, 6.07) is 1.24. The first-order valence-electron chi connectivity index (χ1n) is 5.96. The molecule has 1 saturated heterocycles. The van der Waals surface area contributed by atoms with Crippen LogP contribution in [0.2, 0.25) is 0 Å². The van der Waals surface area contributed by atoms with Gasteiger partial charge in [-0.2, -0.15) is 0 Å². The molecule has 0 amide bonds. The molecular formula is C12H26N2O. The predicted molar refractivity (Wildman–Crippen MR) is 64.0 cm³/mol. The largest absolute Gasteiger partial charge is 0.390 e. The molecule has 15 heavy (non-hydrogen) atoms. The van der Waals surface area contributed by atoms with Gasteiger partial charge in [0.1, 0.15) is 0 Å². The summed E-state index contributed by atoms with van der Waals surface area (Å²) in [7, 11) is 2.20. The summed E-state index contributed by atoms with van der Waals surface area (Å²) in [5, 5.41) is 9.69. The van der Waals surface area contributed by atoms with Gasteiger partial charge in [0.2, 0.25) is 0 Å². The van der Waals surface area contributed by atoms with Crippen LogP contribution in [0.5, 0.6) is 0 Å². The molecule has 1 aliphatic rings. The van der Waals surface area contributed by atoms with Crippen molar-refractivity contribution in [1.82, 2.24) is 9.80 Å². The molecule has 2 unspecified atom stereocenters. The van der Waals surface area contributed by atoms with E-state index in [0.29, 0.717) is 12.1 Å². The Morgan fingerprint density at radius 1 is 1.20 bits per heavy atom. The topological polar surface area (TPSA) is 26.7 Å². The van der Waals surface area contributed by atoms with Gasteiger partial charge >= 0.3 is 0 Å². The first-order valence-corrected chi connectivity index (χ1v) is 5.96. The monoisotopic (exact) mass is 214 g/mol. The van der Waals surface area contributed by atoms with Gasteiger partial charge < -0.3 is 10.0 Å². The minimum Gasteiger partial charge on any atom is -0.390 e. The summed E-state index contributed by atoms with van der Waals surface area (Å²) in [6.45, 7) is 11.6. The summed E-state index contributed by atoms with van der Waals surface area (Å²) < 4.78 is 0. The summed E-state index contributed by atoms with van der Waals surface area (Å²) in [5.74, 6) is 0. The molecule has 0 saturated carbocycles. The van der Waals surface area contributed by atoms with Crippen molar-refractivity contribution in [2.45, 2.75) is 51.8 Å². The van der Waals surface area contributed by atoms with Gasteiger partial charge in [-0.25, -0.2) is 0 Å². The highest BCUT2D eigenvalue weighted by molar-refractivity contribution is 4.83. The molecule has 0 aromatic rings. The van der Waals surface area contributed by atoms with Gasteiger partial charge in [-0.05, 0) is 41.2 Å². The van der Waals surface area contributed by atoms with E-state index in [2.05, 4.69) is 30.7 Å². The Kier molecular flexibility index (Phi) is 4.15. The third-order valence-electron chi connectivity index (χ3n) is 3.48.